The quantitative estimate of drug-likeness (QED) is 0.731. The van der Waals surface area contributed by atoms with Crippen LogP contribution in [0.4, 0.5) is 0 Å². The smallest absolute Gasteiger partial charge is 0.0520 e. The predicted octanol–water partition coefficient (Wildman–Crippen LogP) is 2.04. The van der Waals surface area contributed by atoms with E-state index in [2.05, 4.69) is 28.2 Å². The first-order chi connectivity index (χ1) is 7.78. The summed E-state index contributed by atoms with van der Waals surface area (Å²) in [7, 11) is 0. The lowest BCUT2D eigenvalue weighted by Gasteiger charge is -2.18. The van der Waals surface area contributed by atoms with E-state index in [1.165, 1.54) is 37.7 Å². The average Bonchev–Trinajstić information content (AvgIpc) is 3.08. The first-order valence-corrected chi connectivity index (χ1v) is 6.56. The molecule has 16 heavy (non-hydrogen) atoms. The Morgan fingerprint density at radius 1 is 1.38 bits per heavy atom. The van der Waals surface area contributed by atoms with Gasteiger partial charge < -0.3 is 5.32 Å². The number of hydrogen-bond acceptors (Lipinski definition) is 2. The second-order valence-corrected chi connectivity index (χ2v) is 5.94. The predicted molar refractivity (Wildman–Crippen MR) is 62.2 cm³/mol. The summed E-state index contributed by atoms with van der Waals surface area (Å²) >= 11 is 0. The van der Waals surface area contributed by atoms with Crippen LogP contribution in [0.25, 0.3) is 0 Å². The summed E-state index contributed by atoms with van der Waals surface area (Å²) in [6.45, 7) is 2.13. The van der Waals surface area contributed by atoms with Crippen molar-refractivity contribution in [2.24, 2.45) is 5.92 Å². The summed E-state index contributed by atoms with van der Waals surface area (Å²) in [5.41, 5.74) is 1.93. The zero-order valence-electron chi connectivity index (χ0n) is 9.82. The summed E-state index contributed by atoms with van der Waals surface area (Å²) in [5.74, 6) is 0.983. The molecule has 4 rings (SSSR count). The largest absolute Gasteiger partial charge is 0.305 e. The molecular weight excluding hydrogens is 198 g/mol. The minimum atomic E-state index is 0.644. The van der Waals surface area contributed by atoms with Crippen molar-refractivity contribution in [3.05, 3.63) is 18.0 Å². The first-order valence-electron chi connectivity index (χ1n) is 6.56. The molecule has 0 radical (unpaired) electrons. The van der Waals surface area contributed by atoms with Crippen molar-refractivity contribution >= 4 is 0 Å². The van der Waals surface area contributed by atoms with E-state index in [1.54, 1.807) is 0 Å². The van der Waals surface area contributed by atoms with Gasteiger partial charge in [-0.1, -0.05) is 0 Å². The van der Waals surface area contributed by atoms with Crippen molar-refractivity contribution in [1.29, 1.82) is 0 Å². The minimum Gasteiger partial charge on any atom is -0.305 e. The zero-order chi connectivity index (χ0) is 10.8. The van der Waals surface area contributed by atoms with Crippen LogP contribution in [0.1, 0.15) is 43.7 Å². The SMILES string of the molecule is Cc1cnn(C2CCC3CC34NC4CC2)c1. The number of hydrogen-bond donors (Lipinski definition) is 1. The van der Waals surface area contributed by atoms with Crippen LogP contribution in [0.15, 0.2) is 12.4 Å². The highest BCUT2D eigenvalue weighted by atomic mass is 15.3. The van der Waals surface area contributed by atoms with Crippen LogP contribution in [0, 0.1) is 12.8 Å². The van der Waals surface area contributed by atoms with Gasteiger partial charge in [0.15, 0.2) is 0 Å². The number of nitrogens with one attached hydrogen (secondary N) is 1. The van der Waals surface area contributed by atoms with Crippen molar-refractivity contribution < 1.29 is 0 Å². The van der Waals surface area contributed by atoms with Crippen LogP contribution in [-0.2, 0) is 0 Å². The van der Waals surface area contributed by atoms with E-state index in [0.717, 1.165) is 12.0 Å². The molecule has 0 amide bonds. The molecule has 2 saturated carbocycles. The van der Waals surface area contributed by atoms with Crippen LogP contribution in [-0.4, -0.2) is 21.4 Å². The van der Waals surface area contributed by atoms with Crippen LogP contribution in [0.5, 0.6) is 0 Å². The van der Waals surface area contributed by atoms with E-state index in [-0.39, 0.29) is 0 Å². The fourth-order valence-corrected chi connectivity index (χ4v) is 3.72. The summed E-state index contributed by atoms with van der Waals surface area (Å²) in [5, 5.41) is 8.19. The minimum absolute atomic E-state index is 0.644. The Morgan fingerprint density at radius 3 is 3.06 bits per heavy atom. The molecule has 1 N–H and O–H groups in total. The third-order valence-corrected chi connectivity index (χ3v) is 4.88. The number of aryl methyl sites for hydroxylation is 1. The summed E-state index contributed by atoms with van der Waals surface area (Å²) in [6.07, 6.45) is 11.0. The highest BCUT2D eigenvalue weighted by molar-refractivity contribution is 5.29. The molecule has 3 aliphatic rings. The molecule has 1 spiro atoms. The van der Waals surface area contributed by atoms with Gasteiger partial charge in [0.05, 0.1) is 12.2 Å². The van der Waals surface area contributed by atoms with Gasteiger partial charge >= 0.3 is 0 Å². The highest BCUT2D eigenvalue weighted by Crippen LogP contribution is 2.60. The Labute approximate surface area is 96.2 Å². The topological polar surface area (TPSA) is 39.8 Å². The van der Waals surface area contributed by atoms with Gasteiger partial charge in [-0.15, -0.1) is 0 Å². The van der Waals surface area contributed by atoms with Gasteiger partial charge in [0.2, 0.25) is 0 Å². The molecule has 1 aromatic rings. The lowest BCUT2D eigenvalue weighted by molar-refractivity contribution is 0.358. The van der Waals surface area contributed by atoms with Gasteiger partial charge in [-0.05, 0) is 50.5 Å². The Balaban J connectivity index is 1.52. The zero-order valence-corrected chi connectivity index (χ0v) is 9.82. The number of rotatable bonds is 1. The first kappa shape index (κ1) is 9.23. The van der Waals surface area contributed by atoms with E-state index >= 15 is 0 Å². The lowest BCUT2D eigenvalue weighted by Crippen LogP contribution is -2.14. The summed E-state index contributed by atoms with van der Waals surface area (Å²) in [4.78, 5) is 0. The fourth-order valence-electron chi connectivity index (χ4n) is 3.72. The third kappa shape index (κ3) is 1.21. The second kappa shape index (κ2) is 2.89. The van der Waals surface area contributed by atoms with Crippen molar-refractivity contribution in [1.82, 2.24) is 15.1 Å². The molecular formula is C13H19N3. The molecule has 0 bridgehead atoms. The molecule has 0 aromatic carbocycles. The fraction of sp³-hybridized carbons (Fsp3) is 0.769. The molecule has 1 aliphatic heterocycles. The van der Waals surface area contributed by atoms with Crippen LogP contribution >= 0.6 is 0 Å². The average molecular weight is 217 g/mol. The van der Waals surface area contributed by atoms with Crippen molar-refractivity contribution in [3.63, 3.8) is 0 Å². The van der Waals surface area contributed by atoms with Crippen LogP contribution < -0.4 is 5.32 Å². The maximum atomic E-state index is 4.48. The number of nitrogens with zero attached hydrogens (tertiary/aromatic N) is 2. The molecule has 1 saturated heterocycles. The Kier molecular flexibility index (Phi) is 1.67. The Morgan fingerprint density at radius 2 is 2.25 bits per heavy atom. The molecule has 4 unspecified atom stereocenters. The van der Waals surface area contributed by atoms with E-state index < -0.39 is 0 Å². The van der Waals surface area contributed by atoms with E-state index in [1.807, 2.05) is 6.20 Å². The van der Waals surface area contributed by atoms with E-state index in [9.17, 15) is 0 Å². The standard InChI is InChI=1S/C13H19N3/c1-9-7-14-16(8-9)11-3-2-10-6-13(10)12(15-13)5-4-11/h7-8,10-12,15H,2-6H2,1H3. The van der Waals surface area contributed by atoms with Crippen molar-refractivity contribution in [2.45, 2.75) is 56.7 Å². The molecule has 4 atom stereocenters. The molecule has 2 heterocycles. The number of aromatic nitrogens is 2. The normalized spacial score (nSPS) is 45.2. The monoisotopic (exact) mass is 217 g/mol. The Hall–Kier alpha value is -0.830. The van der Waals surface area contributed by atoms with Crippen LogP contribution in [0.3, 0.4) is 0 Å². The molecule has 86 valence electrons. The maximum absolute atomic E-state index is 4.48. The molecule has 3 nitrogen and oxygen atoms in total. The summed E-state index contributed by atoms with van der Waals surface area (Å²) in [6, 6.07) is 1.49. The molecule has 3 heteroatoms. The second-order valence-electron chi connectivity index (χ2n) is 5.94. The van der Waals surface area contributed by atoms with Gasteiger partial charge in [0.1, 0.15) is 0 Å². The van der Waals surface area contributed by atoms with Gasteiger partial charge in [0, 0.05) is 17.8 Å². The Bertz CT molecular complexity index is 403. The molecule has 2 aliphatic carbocycles. The maximum Gasteiger partial charge on any atom is 0.0520 e. The van der Waals surface area contributed by atoms with Gasteiger partial charge in [0.25, 0.3) is 0 Å². The van der Waals surface area contributed by atoms with E-state index in [4.69, 9.17) is 0 Å². The molecule has 1 aromatic heterocycles. The third-order valence-electron chi connectivity index (χ3n) is 4.88. The molecule has 3 fully saturated rings. The van der Waals surface area contributed by atoms with Gasteiger partial charge in [-0.25, -0.2) is 0 Å². The van der Waals surface area contributed by atoms with E-state index in [0.29, 0.717) is 11.6 Å². The highest BCUT2D eigenvalue weighted by Gasteiger charge is 2.69. The van der Waals surface area contributed by atoms with Crippen molar-refractivity contribution in [3.8, 4) is 0 Å². The van der Waals surface area contributed by atoms with Crippen molar-refractivity contribution in [2.75, 3.05) is 0 Å². The lowest BCUT2D eigenvalue weighted by atomic mass is 9.97. The van der Waals surface area contributed by atoms with Gasteiger partial charge in [-0.3, -0.25) is 4.68 Å². The van der Waals surface area contributed by atoms with Crippen LogP contribution in [0.2, 0.25) is 0 Å². The summed E-state index contributed by atoms with van der Waals surface area (Å²) < 4.78 is 2.20. The van der Waals surface area contributed by atoms with Gasteiger partial charge in [-0.2, -0.15) is 5.10 Å².